The van der Waals surface area contributed by atoms with Gasteiger partial charge in [-0.25, -0.2) is 4.79 Å². The number of carbonyl (C=O) groups is 1. The predicted octanol–water partition coefficient (Wildman–Crippen LogP) is 0.251. The number of halogens is 1. The molecular weight excluding hydrogens is 378 g/mol. The van der Waals surface area contributed by atoms with Crippen molar-refractivity contribution in [1.82, 2.24) is 19.4 Å². The second kappa shape index (κ2) is 9.53. The molecule has 0 amide bonds. The number of aromatic carboxylic acids is 1. The summed E-state index contributed by atoms with van der Waals surface area (Å²) in [6.07, 6.45) is 0. The standard InChI is InChI=1S/C16H20ClN5O5/c17-14-19-15(18-12-3-1-11(2-4-12)13(26)27)21-16(20-14)22(5-8-23,6-9-24)7-10-25/h1-4,23-25H,5-10H2,(H-,18,19,20,21,26,27)/p+1. The predicted molar refractivity (Wildman–Crippen MR) is 99.2 cm³/mol. The average molecular weight is 399 g/mol. The molecule has 0 aliphatic rings. The third-order valence-corrected chi connectivity index (χ3v) is 4.16. The molecule has 1 aromatic heterocycles. The van der Waals surface area contributed by atoms with E-state index in [1.54, 1.807) is 12.1 Å². The summed E-state index contributed by atoms with van der Waals surface area (Å²) < 4.78 is -0.0711. The van der Waals surface area contributed by atoms with Gasteiger partial charge in [-0.15, -0.1) is 9.97 Å². The van der Waals surface area contributed by atoms with E-state index in [1.165, 1.54) is 12.1 Å². The largest absolute Gasteiger partial charge is 0.478 e. The second-order valence-electron chi connectivity index (χ2n) is 5.72. The Kier molecular flexibility index (Phi) is 7.39. The summed E-state index contributed by atoms with van der Waals surface area (Å²) in [7, 11) is 0. The molecule has 1 heterocycles. The van der Waals surface area contributed by atoms with E-state index in [9.17, 15) is 20.1 Å². The Labute approximate surface area is 160 Å². The van der Waals surface area contributed by atoms with Gasteiger partial charge in [0.05, 0.1) is 25.4 Å². The molecular formula is C16H21ClN5O5+. The van der Waals surface area contributed by atoms with E-state index in [2.05, 4.69) is 20.3 Å². The molecule has 27 heavy (non-hydrogen) atoms. The Morgan fingerprint density at radius 3 is 2.00 bits per heavy atom. The van der Waals surface area contributed by atoms with Gasteiger partial charge in [0, 0.05) is 5.69 Å². The zero-order valence-corrected chi connectivity index (χ0v) is 15.2. The van der Waals surface area contributed by atoms with Crippen LogP contribution in [0.5, 0.6) is 0 Å². The number of rotatable bonds is 10. The summed E-state index contributed by atoms with van der Waals surface area (Å²) >= 11 is 6.01. The fourth-order valence-corrected chi connectivity index (χ4v) is 2.80. The lowest BCUT2D eigenvalue weighted by Gasteiger charge is -2.34. The quantitative estimate of drug-likeness (QED) is 0.355. The Balaban J connectivity index is 2.36. The van der Waals surface area contributed by atoms with Crippen molar-refractivity contribution in [2.24, 2.45) is 0 Å². The molecule has 11 heteroatoms. The molecule has 1 aromatic carbocycles. The highest BCUT2D eigenvalue weighted by Gasteiger charge is 2.33. The number of quaternary nitrogens is 1. The van der Waals surface area contributed by atoms with Crippen molar-refractivity contribution in [1.29, 1.82) is 0 Å². The molecule has 0 radical (unpaired) electrons. The van der Waals surface area contributed by atoms with Crippen LogP contribution in [0.2, 0.25) is 5.28 Å². The Bertz CT molecular complexity index is 757. The first-order chi connectivity index (χ1) is 12.9. The van der Waals surface area contributed by atoms with E-state index in [-0.39, 0.29) is 66.7 Å². The minimum absolute atomic E-state index is 0.0711. The molecule has 0 unspecified atom stereocenters. The summed E-state index contributed by atoms with van der Waals surface area (Å²) in [5.41, 5.74) is 0.678. The maximum Gasteiger partial charge on any atom is 0.335 e. The average Bonchev–Trinajstić information content (AvgIpc) is 2.62. The van der Waals surface area contributed by atoms with E-state index in [0.717, 1.165) is 0 Å². The van der Waals surface area contributed by atoms with Crippen LogP contribution < -0.4 is 9.80 Å². The number of hydrogen-bond donors (Lipinski definition) is 5. The van der Waals surface area contributed by atoms with Crippen LogP contribution in [-0.4, -0.2) is 80.8 Å². The van der Waals surface area contributed by atoms with E-state index in [4.69, 9.17) is 16.7 Å². The third kappa shape index (κ3) is 5.31. The van der Waals surface area contributed by atoms with Gasteiger partial charge in [0.2, 0.25) is 11.2 Å². The number of hydrogen-bond acceptors (Lipinski definition) is 8. The van der Waals surface area contributed by atoms with Crippen LogP contribution in [-0.2, 0) is 0 Å². The zero-order chi connectivity index (χ0) is 19.9. The third-order valence-electron chi connectivity index (χ3n) is 3.99. The van der Waals surface area contributed by atoms with Gasteiger partial charge in [0.15, 0.2) is 0 Å². The smallest absolute Gasteiger partial charge is 0.335 e. The first-order valence-electron chi connectivity index (χ1n) is 8.15. The molecule has 0 aliphatic heterocycles. The maximum atomic E-state index is 10.9. The lowest BCUT2D eigenvalue weighted by molar-refractivity contribution is 0.0697. The normalized spacial score (nSPS) is 11.4. The number of carboxylic acid groups (broad SMARTS) is 1. The van der Waals surface area contributed by atoms with Gasteiger partial charge in [-0.2, -0.15) is 4.98 Å². The molecule has 0 spiro atoms. The number of benzene rings is 1. The zero-order valence-electron chi connectivity index (χ0n) is 14.4. The second-order valence-corrected chi connectivity index (χ2v) is 6.06. The summed E-state index contributed by atoms with van der Waals surface area (Å²) in [6.45, 7) is -0.0925. The minimum Gasteiger partial charge on any atom is -0.478 e. The molecule has 0 fully saturated rings. The van der Waals surface area contributed by atoms with Gasteiger partial charge < -0.3 is 25.7 Å². The van der Waals surface area contributed by atoms with Gasteiger partial charge in [-0.05, 0) is 35.9 Å². The van der Waals surface area contributed by atoms with Crippen LogP contribution in [0, 0.1) is 0 Å². The highest BCUT2D eigenvalue weighted by molar-refractivity contribution is 6.28. The molecule has 0 aliphatic carbocycles. The summed E-state index contributed by atoms with van der Waals surface area (Å²) in [4.78, 5) is 23.3. The molecule has 0 bridgehead atoms. The fourth-order valence-electron chi connectivity index (χ4n) is 2.64. The Morgan fingerprint density at radius 1 is 0.963 bits per heavy atom. The Hall–Kier alpha value is -2.37. The Morgan fingerprint density at radius 2 is 1.52 bits per heavy atom. The van der Waals surface area contributed by atoms with Crippen LogP contribution in [0.15, 0.2) is 24.3 Å². The number of aromatic nitrogens is 3. The molecule has 0 saturated carbocycles. The van der Waals surface area contributed by atoms with Crippen molar-refractivity contribution < 1.29 is 25.2 Å². The van der Waals surface area contributed by atoms with E-state index < -0.39 is 5.97 Å². The topological polar surface area (TPSA) is 149 Å². The van der Waals surface area contributed by atoms with Gasteiger partial charge in [0.1, 0.15) is 19.6 Å². The van der Waals surface area contributed by atoms with Crippen molar-refractivity contribution in [2.45, 2.75) is 0 Å². The van der Waals surface area contributed by atoms with Gasteiger partial charge in [-0.3, -0.25) is 4.48 Å². The van der Waals surface area contributed by atoms with Crippen LogP contribution in [0.3, 0.4) is 0 Å². The fraction of sp³-hybridized carbons (Fsp3) is 0.375. The highest BCUT2D eigenvalue weighted by atomic mass is 35.5. The maximum absolute atomic E-state index is 10.9. The van der Waals surface area contributed by atoms with Gasteiger partial charge >= 0.3 is 11.9 Å². The van der Waals surface area contributed by atoms with E-state index in [1.807, 2.05) is 0 Å². The molecule has 0 saturated heterocycles. The molecule has 146 valence electrons. The van der Waals surface area contributed by atoms with E-state index >= 15 is 0 Å². The summed E-state index contributed by atoms with van der Waals surface area (Å²) in [6, 6.07) is 5.96. The number of nitrogens with one attached hydrogen (secondary N) is 1. The van der Waals surface area contributed by atoms with Crippen molar-refractivity contribution >= 4 is 35.2 Å². The minimum atomic E-state index is -1.04. The number of anilines is 2. The SMILES string of the molecule is O=C(O)c1ccc(Nc2nc(Cl)nc([N+](CCO)(CCO)CCO)n2)cc1. The van der Waals surface area contributed by atoms with Crippen molar-refractivity contribution in [3.05, 3.63) is 35.1 Å². The lowest BCUT2D eigenvalue weighted by Crippen LogP contribution is -2.55. The number of nitrogens with zero attached hydrogens (tertiary/aromatic N) is 4. The van der Waals surface area contributed by atoms with E-state index in [0.29, 0.717) is 5.69 Å². The first-order valence-corrected chi connectivity index (χ1v) is 8.53. The molecule has 5 N–H and O–H groups in total. The van der Waals surface area contributed by atoms with Crippen LogP contribution in [0.4, 0.5) is 17.6 Å². The molecule has 2 aromatic rings. The molecule has 0 atom stereocenters. The van der Waals surface area contributed by atoms with Crippen LogP contribution >= 0.6 is 11.6 Å². The molecule has 10 nitrogen and oxygen atoms in total. The summed E-state index contributed by atoms with van der Waals surface area (Å²) in [5, 5.41) is 40.0. The van der Waals surface area contributed by atoms with Crippen molar-refractivity contribution in [3.63, 3.8) is 0 Å². The first kappa shape index (κ1) is 20.9. The van der Waals surface area contributed by atoms with Gasteiger partial charge in [0.25, 0.3) is 0 Å². The monoisotopic (exact) mass is 398 g/mol. The van der Waals surface area contributed by atoms with Crippen LogP contribution in [0.25, 0.3) is 0 Å². The van der Waals surface area contributed by atoms with Gasteiger partial charge in [-0.1, -0.05) is 0 Å². The number of aliphatic hydroxyl groups excluding tert-OH is 3. The van der Waals surface area contributed by atoms with Crippen molar-refractivity contribution in [2.75, 3.05) is 44.8 Å². The summed E-state index contributed by atoms with van der Waals surface area (Å²) in [5.74, 6) is -0.729. The number of carboxylic acids is 1. The molecule has 2 rings (SSSR count). The van der Waals surface area contributed by atoms with Crippen molar-refractivity contribution in [3.8, 4) is 0 Å². The lowest BCUT2D eigenvalue weighted by atomic mass is 10.2. The van der Waals surface area contributed by atoms with Crippen LogP contribution in [0.1, 0.15) is 10.4 Å². The number of aliphatic hydroxyl groups is 3. The highest BCUT2D eigenvalue weighted by Crippen LogP contribution is 2.23.